The average Bonchev–Trinajstić information content (AvgIpc) is 2.90. The van der Waals surface area contributed by atoms with Gasteiger partial charge in [-0.2, -0.15) is 0 Å². The molecule has 0 saturated heterocycles. The van der Waals surface area contributed by atoms with Crippen molar-refractivity contribution in [1.82, 2.24) is 5.32 Å². The van der Waals surface area contributed by atoms with Crippen LogP contribution in [0.25, 0.3) is 0 Å². The molecule has 1 N–H and O–H groups in total. The molecule has 0 amide bonds. The van der Waals surface area contributed by atoms with E-state index in [9.17, 15) is 0 Å². The topological polar surface area (TPSA) is 21.3 Å². The number of ether oxygens (including phenoxy) is 1. The summed E-state index contributed by atoms with van der Waals surface area (Å²) in [5, 5.41) is 5.80. The largest absolute Gasteiger partial charge is 0.380 e. The Morgan fingerprint density at radius 1 is 1.28 bits per heavy atom. The van der Waals surface area contributed by atoms with E-state index in [0.717, 1.165) is 19.4 Å². The normalized spacial score (nSPS) is 14.6. The molecular formula is C15H27NOS. The van der Waals surface area contributed by atoms with Gasteiger partial charge in [0.2, 0.25) is 0 Å². The molecule has 1 heterocycles. The van der Waals surface area contributed by atoms with Gasteiger partial charge in [-0.25, -0.2) is 0 Å². The second kappa shape index (κ2) is 9.54. The van der Waals surface area contributed by atoms with Crippen LogP contribution in [0.3, 0.4) is 0 Å². The van der Waals surface area contributed by atoms with Crippen LogP contribution >= 0.6 is 11.3 Å². The maximum absolute atomic E-state index is 5.66. The Kier molecular flexibility index (Phi) is 8.31. The first kappa shape index (κ1) is 15.7. The molecule has 2 nitrogen and oxygen atoms in total. The van der Waals surface area contributed by atoms with Crippen molar-refractivity contribution in [3.8, 4) is 0 Å². The van der Waals surface area contributed by atoms with Gasteiger partial charge in [0.15, 0.2) is 0 Å². The number of hydrogen-bond donors (Lipinski definition) is 1. The van der Waals surface area contributed by atoms with Crippen LogP contribution in [0.5, 0.6) is 0 Å². The molecule has 2 atom stereocenters. The van der Waals surface area contributed by atoms with Gasteiger partial charge in [0, 0.05) is 18.0 Å². The lowest BCUT2D eigenvalue weighted by molar-refractivity contribution is 0.0583. The number of thiophene rings is 1. The Labute approximate surface area is 116 Å². The molecule has 0 spiro atoms. The molecule has 0 bridgehead atoms. The van der Waals surface area contributed by atoms with Crippen LogP contribution in [0.1, 0.15) is 44.4 Å². The van der Waals surface area contributed by atoms with Gasteiger partial charge in [-0.15, -0.1) is 11.3 Å². The van der Waals surface area contributed by atoms with Crippen molar-refractivity contribution in [3.63, 3.8) is 0 Å². The summed E-state index contributed by atoms with van der Waals surface area (Å²) in [6.07, 6.45) is 6.17. The summed E-state index contributed by atoms with van der Waals surface area (Å²) in [6, 6.07) is 4.84. The van der Waals surface area contributed by atoms with Crippen LogP contribution in [-0.2, 0) is 11.2 Å². The zero-order valence-corrected chi connectivity index (χ0v) is 12.8. The molecule has 0 saturated carbocycles. The van der Waals surface area contributed by atoms with Crippen molar-refractivity contribution in [2.75, 3.05) is 13.7 Å². The maximum Gasteiger partial charge on any atom is 0.0724 e. The molecule has 0 aliphatic heterocycles. The zero-order chi connectivity index (χ0) is 13.2. The summed E-state index contributed by atoms with van der Waals surface area (Å²) in [7, 11) is 1.84. The van der Waals surface area contributed by atoms with Gasteiger partial charge < -0.3 is 10.1 Å². The highest BCUT2D eigenvalue weighted by Crippen LogP contribution is 2.16. The molecule has 0 aromatic carbocycles. The van der Waals surface area contributed by atoms with E-state index in [0.29, 0.717) is 12.1 Å². The Morgan fingerprint density at radius 2 is 2.11 bits per heavy atom. The predicted octanol–water partition coefficient (Wildman–Crippen LogP) is 3.86. The minimum atomic E-state index is 0.349. The Balaban J connectivity index is 2.47. The molecule has 0 fully saturated rings. The lowest BCUT2D eigenvalue weighted by Crippen LogP contribution is -2.41. The highest BCUT2D eigenvalue weighted by Gasteiger charge is 2.19. The number of hydrogen-bond acceptors (Lipinski definition) is 3. The summed E-state index contributed by atoms with van der Waals surface area (Å²) in [4.78, 5) is 1.48. The van der Waals surface area contributed by atoms with Gasteiger partial charge in [0.05, 0.1) is 6.10 Å². The van der Waals surface area contributed by atoms with Crippen LogP contribution in [0.15, 0.2) is 17.5 Å². The van der Waals surface area contributed by atoms with Crippen LogP contribution in [0.4, 0.5) is 0 Å². The van der Waals surface area contributed by atoms with E-state index in [1.807, 2.05) is 18.4 Å². The van der Waals surface area contributed by atoms with Crippen LogP contribution in [0, 0.1) is 0 Å². The fourth-order valence-corrected chi connectivity index (χ4v) is 2.99. The van der Waals surface area contributed by atoms with Gasteiger partial charge in [-0.1, -0.05) is 26.3 Å². The number of aryl methyl sites for hydroxylation is 1. The van der Waals surface area contributed by atoms with Gasteiger partial charge in [0.1, 0.15) is 0 Å². The fourth-order valence-electron chi connectivity index (χ4n) is 2.27. The average molecular weight is 269 g/mol. The third-order valence-corrected chi connectivity index (χ3v) is 4.20. The maximum atomic E-state index is 5.66. The zero-order valence-electron chi connectivity index (χ0n) is 11.9. The van der Waals surface area contributed by atoms with Crippen molar-refractivity contribution in [1.29, 1.82) is 0 Å². The summed E-state index contributed by atoms with van der Waals surface area (Å²) in [5.74, 6) is 0. The first-order valence-corrected chi connectivity index (χ1v) is 7.98. The monoisotopic (exact) mass is 269 g/mol. The second-order valence-electron chi connectivity index (χ2n) is 4.74. The first-order valence-electron chi connectivity index (χ1n) is 7.10. The fraction of sp³-hybridized carbons (Fsp3) is 0.733. The van der Waals surface area contributed by atoms with Crippen molar-refractivity contribution >= 4 is 11.3 Å². The van der Waals surface area contributed by atoms with E-state index in [1.54, 1.807) is 0 Å². The van der Waals surface area contributed by atoms with Crippen LogP contribution in [-0.4, -0.2) is 25.8 Å². The van der Waals surface area contributed by atoms with Gasteiger partial charge in [0.25, 0.3) is 0 Å². The minimum Gasteiger partial charge on any atom is -0.380 e. The van der Waals surface area contributed by atoms with E-state index in [-0.39, 0.29) is 0 Å². The third-order valence-electron chi connectivity index (χ3n) is 3.26. The van der Waals surface area contributed by atoms with Crippen molar-refractivity contribution in [2.45, 2.75) is 58.1 Å². The molecule has 18 heavy (non-hydrogen) atoms. The SMILES string of the molecule is CCCNC(CCc1cccs1)C(CCC)OC. The molecule has 0 aliphatic rings. The van der Waals surface area contributed by atoms with Crippen LogP contribution < -0.4 is 5.32 Å². The summed E-state index contributed by atoms with van der Waals surface area (Å²) in [5.41, 5.74) is 0. The van der Waals surface area contributed by atoms with Gasteiger partial charge in [-0.05, 0) is 43.7 Å². The number of rotatable bonds is 10. The van der Waals surface area contributed by atoms with Gasteiger partial charge in [-0.3, -0.25) is 0 Å². The smallest absolute Gasteiger partial charge is 0.0724 e. The molecule has 1 aromatic heterocycles. The van der Waals surface area contributed by atoms with Crippen molar-refractivity contribution < 1.29 is 4.74 Å². The lowest BCUT2D eigenvalue weighted by Gasteiger charge is -2.27. The van der Waals surface area contributed by atoms with Crippen LogP contribution in [0.2, 0.25) is 0 Å². The van der Waals surface area contributed by atoms with E-state index >= 15 is 0 Å². The first-order chi connectivity index (χ1) is 8.81. The second-order valence-corrected chi connectivity index (χ2v) is 5.77. The summed E-state index contributed by atoms with van der Waals surface area (Å²) < 4.78 is 5.66. The van der Waals surface area contributed by atoms with Crippen molar-refractivity contribution in [3.05, 3.63) is 22.4 Å². The molecular weight excluding hydrogens is 242 g/mol. The number of nitrogens with one attached hydrogen (secondary N) is 1. The van der Waals surface area contributed by atoms with E-state index < -0.39 is 0 Å². The molecule has 1 aromatic rings. The Morgan fingerprint density at radius 3 is 2.67 bits per heavy atom. The molecule has 0 aliphatic carbocycles. The van der Waals surface area contributed by atoms with E-state index in [1.165, 1.54) is 24.1 Å². The lowest BCUT2D eigenvalue weighted by atomic mass is 10.0. The quantitative estimate of drug-likeness (QED) is 0.696. The highest BCUT2D eigenvalue weighted by molar-refractivity contribution is 7.09. The molecule has 104 valence electrons. The molecule has 0 radical (unpaired) electrons. The third kappa shape index (κ3) is 5.51. The summed E-state index contributed by atoms with van der Waals surface area (Å²) in [6.45, 7) is 5.52. The standard InChI is InChI=1S/C15H27NOS/c1-4-7-15(17-3)14(16-11-5-2)10-9-13-8-6-12-18-13/h6,8,12,14-16H,4-5,7,9-11H2,1-3H3. The van der Waals surface area contributed by atoms with E-state index in [2.05, 4.69) is 36.7 Å². The van der Waals surface area contributed by atoms with Crippen molar-refractivity contribution in [2.24, 2.45) is 0 Å². The van der Waals surface area contributed by atoms with E-state index in [4.69, 9.17) is 4.74 Å². The van der Waals surface area contributed by atoms with Gasteiger partial charge >= 0.3 is 0 Å². The Hall–Kier alpha value is -0.380. The predicted molar refractivity (Wildman–Crippen MR) is 80.4 cm³/mol. The molecule has 2 unspecified atom stereocenters. The highest BCUT2D eigenvalue weighted by atomic mass is 32.1. The molecule has 3 heteroatoms. The summed E-state index contributed by atoms with van der Waals surface area (Å²) >= 11 is 1.85. The molecule has 1 rings (SSSR count). The Bertz CT molecular complexity index is 287. The minimum absolute atomic E-state index is 0.349. The number of methoxy groups -OCH3 is 1.